The molecule has 1 aliphatic heterocycles. The quantitative estimate of drug-likeness (QED) is 0.911. The Hall–Kier alpha value is -1.75. The highest BCUT2D eigenvalue weighted by atomic mass is 32.2. The molecule has 3 rings (SSSR count). The molecule has 2 heterocycles. The molecule has 2 N–H and O–H groups in total. The lowest BCUT2D eigenvalue weighted by atomic mass is 10.1. The second-order valence-corrected chi connectivity index (χ2v) is 6.01. The van der Waals surface area contributed by atoms with Crippen LogP contribution in [0.1, 0.15) is 16.9 Å². The molecule has 2 aromatic rings. The summed E-state index contributed by atoms with van der Waals surface area (Å²) in [6.07, 6.45) is 1.04. The number of rotatable bonds is 3. The van der Waals surface area contributed by atoms with Crippen LogP contribution in [0.2, 0.25) is 0 Å². The third kappa shape index (κ3) is 2.58. The summed E-state index contributed by atoms with van der Waals surface area (Å²) < 4.78 is 0. The Balaban J connectivity index is 1.92. The number of fused-ring (bicyclic) bond motifs is 1. The summed E-state index contributed by atoms with van der Waals surface area (Å²) in [4.78, 5) is 16.7. The van der Waals surface area contributed by atoms with Gasteiger partial charge in [0, 0.05) is 24.2 Å². The van der Waals surface area contributed by atoms with Gasteiger partial charge in [0.15, 0.2) is 0 Å². The fourth-order valence-corrected chi connectivity index (χ4v) is 3.57. The van der Waals surface area contributed by atoms with Crippen molar-refractivity contribution in [1.29, 1.82) is 0 Å². The van der Waals surface area contributed by atoms with Gasteiger partial charge < -0.3 is 10.6 Å². The molecule has 1 aromatic carbocycles. The van der Waals surface area contributed by atoms with E-state index in [9.17, 15) is 4.79 Å². The van der Waals surface area contributed by atoms with Gasteiger partial charge in [0.05, 0.1) is 0 Å². The van der Waals surface area contributed by atoms with Crippen LogP contribution < -0.4 is 10.6 Å². The molecule has 0 aliphatic carbocycles. The normalized spacial score (nSPS) is 18.1. The van der Waals surface area contributed by atoms with Crippen LogP contribution in [0.5, 0.6) is 0 Å². The number of aromatic nitrogens is 1. The number of thioether (sulfide) groups is 1. The number of nitrogens with one attached hydrogen (secondary N) is 2. The summed E-state index contributed by atoms with van der Waals surface area (Å²) in [6.45, 7) is 0. The highest BCUT2D eigenvalue weighted by Crippen LogP contribution is 2.23. The van der Waals surface area contributed by atoms with Gasteiger partial charge in [0.25, 0.3) is 5.91 Å². The van der Waals surface area contributed by atoms with Gasteiger partial charge in [-0.1, -0.05) is 24.3 Å². The minimum Gasteiger partial charge on any atom is -0.373 e. The highest BCUT2D eigenvalue weighted by Gasteiger charge is 2.19. The van der Waals surface area contributed by atoms with Crippen LogP contribution in [0.25, 0.3) is 10.8 Å². The van der Waals surface area contributed by atoms with Crippen LogP contribution in [-0.2, 0) is 0 Å². The van der Waals surface area contributed by atoms with Crippen molar-refractivity contribution < 1.29 is 4.79 Å². The van der Waals surface area contributed by atoms with Crippen molar-refractivity contribution in [3.05, 3.63) is 36.0 Å². The average molecular weight is 287 g/mol. The molecule has 4 nitrogen and oxygen atoms in total. The van der Waals surface area contributed by atoms with E-state index in [1.807, 2.05) is 49.1 Å². The number of nitrogens with zero attached hydrogens (tertiary/aromatic N) is 1. The largest absolute Gasteiger partial charge is 0.373 e. The molecule has 0 radical (unpaired) electrons. The zero-order chi connectivity index (χ0) is 13.9. The van der Waals surface area contributed by atoms with E-state index in [2.05, 4.69) is 15.6 Å². The van der Waals surface area contributed by atoms with Crippen molar-refractivity contribution in [2.75, 3.05) is 23.9 Å². The van der Waals surface area contributed by atoms with E-state index in [-0.39, 0.29) is 11.9 Å². The third-order valence-electron chi connectivity index (χ3n) is 3.47. The monoisotopic (exact) mass is 287 g/mol. The summed E-state index contributed by atoms with van der Waals surface area (Å²) in [6, 6.07) is 10.1. The van der Waals surface area contributed by atoms with Crippen molar-refractivity contribution in [1.82, 2.24) is 10.3 Å². The maximum atomic E-state index is 12.3. The molecule has 1 aliphatic rings. The van der Waals surface area contributed by atoms with E-state index < -0.39 is 0 Å². The van der Waals surface area contributed by atoms with E-state index in [0.717, 1.165) is 34.5 Å². The summed E-state index contributed by atoms with van der Waals surface area (Å²) in [5.74, 6) is 2.78. The first-order chi connectivity index (χ1) is 9.78. The van der Waals surface area contributed by atoms with E-state index in [1.165, 1.54) is 0 Å². The van der Waals surface area contributed by atoms with Gasteiger partial charge in [-0.15, -0.1) is 0 Å². The van der Waals surface area contributed by atoms with Crippen molar-refractivity contribution >= 4 is 34.3 Å². The molecule has 1 amide bonds. The lowest BCUT2D eigenvalue weighted by molar-refractivity contribution is 0.0936. The standard InChI is InChI=1S/C15H17N3OS/c1-16-14-12-5-3-2-4-10(12)8-13(18-14)15(19)17-11-6-7-20-9-11/h2-5,8,11H,6-7,9H2,1H3,(H,16,18)(H,17,19). The van der Waals surface area contributed by atoms with Gasteiger partial charge in [0.1, 0.15) is 11.5 Å². The molecular formula is C15H17N3OS. The van der Waals surface area contributed by atoms with Gasteiger partial charge in [-0.25, -0.2) is 4.98 Å². The van der Waals surface area contributed by atoms with Crippen LogP contribution in [0.3, 0.4) is 0 Å². The predicted molar refractivity (Wildman–Crippen MR) is 84.5 cm³/mol. The number of carbonyl (C=O) groups is 1. The number of hydrogen-bond donors (Lipinski definition) is 2. The first-order valence-corrected chi connectivity index (χ1v) is 7.89. The molecule has 20 heavy (non-hydrogen) atoms. The smallest absolute Gasteiger partial charge is 0.270 e. The molecule has 1 atom stereocenters. The van der Waals surface area contributed by atoms with Gasteiger partial charge in [-0.05, 0) is 23.6 Å². The number of pyridine rings is 1. The number of amides is 1. The molecule has 0 spiro atoms. The molecule has 1 saturated heterocycles. The number of benzene rings is 1. The fourth-order valence-electron chi connectivity index (χ4n) is 2.41. The predicted octanol–water partition coefficient (Wildman–Crippen LogP) is 2.51. The Bertz CT molecular complexity index is 638. The minimum absolute atomic E-state index is 0.0836. The van der Waals surface area contributed by atoms with Crippen molar-refractivity contribution in [2.45, 2.75) is 12.5 Å². The van der Waals surface area contributed by atoms with E-state index in [0.29, 0.717) is 5.69 Å². The van der Waals surface area contributed by atoms with E-state index in [1.54, 1.807) is 0 Å². The maximum Gasteiger partial charge on any atom is 0.270 e. The lowest BCUT2D eigenvalue weighted by Crippen LogP contribution is -2.35. The highest BCUT2D eigenvalue weighted by molar-refractivity contribution is 7.99. The maximum absolute atomic E-state index is 12.3. The first kappa shape index (κ1) is 13.2. The fraction of sp³-hybridized carbons (Fsp3) is 0.333. The van der Waals surface area contributed by atoms with Gasteiger partial charge in [-0.2, -0.15) is 11.8 Å². The first-order valence-electron chi connectivity index (χ1n) is 6.74. The Labute approximate surface area is 122 Å². The molecule has 0 bridgehead atoms. The number of anilines is 1. The molecule has 0 saturated carbocycles. The summed E-state index contributed by atoms with van der Waals surface area (Å²) in [5, 5.41) is 8.18. The molecule has 1 aromatic heterocycles. The van der Waals surface area contributed by atoms with Crippen LogP contribution in [0.15, 0.2) is 30.3 Å². The zero-order valence-corrected chi connectivity index (χ0v) is 12.2. The van der Waals surface area contributed by atoms with Crippen LogP contribution in [0.4, 0.5) is 5.82 Å². The Morgan fingerprint density at radius 3 is 3.00 bits per heavy atom. The van der Waals surface area contributed by atoms with E-state index in [4.69, 9.17) is 0 Å². The van der Waals surface area contributed by atoms with Crippen LogP contribution in [-0.4, -0.2) is 35.5 Å². The van der Waals surface area contributed by atoms with Crippen molar-refractivity contribution in [3.8, 4) is 0 Å². The molecule has 5 heteroatoms. The average Bonchev–Trinajstić information content (AvgIpc) is 2.99. The Morgan fingerprint density at radius 2 is 2.25 bits per heavy atom. The SMILES string of the molecule is CNc1nc(C(=O)NC2CCSC2)cc2ccccc12. The third-order valence-corrected chi connectivity index (χ3v) is 4.64. The second kappa shape index (κ2) is 5.71. The molecule has 104 valence electrons. The zero-order valence-electron chi connectivity index (χ0n) is 11.3. The van der Waals surface area contributed by atoms with Gasteiger partial charge >= 0.3 is 0 Å². The summed E-state index contributed by atoms with van der Waals surface area (Å²) in [7, 11) is 1.82. The van der Waals surface area contributed by atoms with Crippen molar-refractivity contribution in [3.63, 3.8) is 0 Å². The number of carbonyl (C=O) groups excluding carboxylic acids is 1. The van der Waals surface area contributed by atoms with Crippen molar-refractivity contribution in [2.24, 2.45) is 0 Å². The van der Waals surface area contributed by atoms with Crippen LogP contribution in [0, 0.1) is 0 Å². The van der Waals surface area contributed by atoms with Crippen LogP contribution >= 0.6 is 11.8 Å². The molecule has 1 fully saturated rings. The molecular weight excluding hydrogens is 270 g/mol. The topological polar surface area (TPSA) is 54.0 Å². The summed E-state index contributed by atoms with van der Waals surface area (Å²) >= 11 is 1.88. The summed E-state index contributed by atoms with van der Waals surface area (Å²) in [5.41, 5.74) is 0.477. The minimum atomic E-state index is -0.0836. The number of hydrogen-bond acceptors (Lipinski definition) is 4. The second-order valence-electron chi connectivity index (χ2n) is 4.86. The lowest BCUT2D eigenvalue weighted by Gasteiger charge is -2.12. The Kier molecular flexibility index (Phi) is 3.78. The molecule has 1 unspecified atom stereocenters. The van der Waals surface area contributed by atoms with Gasteiger partial charge in [-0.3, -0.25) is 4.79 Å². The van der Waals surface area contributed by atoms with Gasteiger partial charge in [0.2, 0.25) is 0 Å². The Morgan fingerprint density at radius 1 is 1.40 bits per heavy atom. The van der Waals surface area contributed by atoms with E-state index >= 15 is 0 Å².